The number of hydrogen-bond donors (Lipinski definition) is 2. The summed E-state index contributed by atoms with van der Waals surface area (Å²) in [4.78, 5) is 24.5. The van der Waals surface area contributed by atoms with Crippen LogP contribution in [0.1, 0.15) is 32.6 Å². The Hall–Kier alpha value is -1.52. The smallest absolute Gasteiger partial charge is 0.326 e. The summed E-state index contributed by atoms with van der Waals surface area (Å²) in [5.74, 6) is -0.977. The van der Waals surface area contributed by atoms with Gasteiger partial charge in [0.05, 0.1) is 0 Å². The lowest BCUT2D eigenvalue weighted by molar-refractivity contribution is -0.139. The highest BCUT2D eigenvalue weighted by Gasteiger charge is 2.33. The molecule has 0 heterocycles. The van der Waals surface area contributed by atoms with Crippen molar-refractivity contribution in [2.45, 2.75) is 44.7 Å². The van der Waals surface area contributed by atoms with Crippen molar-refractivity contribution in [1.29, 1.82) is 0 Å². The second-order valence-corrected chi connectivity index (χ2v) is 4.30. The van der Waals surface area contributed by atoms with Crippen molar-refractivity contribution in [1.82, 2.24) is 10.2 Å². The summed E-state index contributed by atoms with van der Waals surface area (Å²) in [6.07, 6.45) is 4.82. The maximum Gasteiger partial charge on any atom is 0.326 e. The molecule has 2 amide bonds. The number of amides is 2. The van der Waals surface area contributed by atoms with Gasteiger partial charge in [-0.15, -0.1) is 6.58 Å². The lowest BCUT2D eigenvalue weighted by Crippen LogP contribution is -2.48. The number of nitrogens with zero attached hydrogens (tertiary/aromatic N) is 1. The summed E-state index contributed by atoms with van der Waals surface area (Å²) in [7, 11) is 0. The number of carboxylic acid groups (broad SMARTS) is 1. The van der Waals surface area contributed by atoms with Gasteiger partial charge in [0, 0.05) is 12.6 Å². The van der Waals surface area contributed by atoms with Crippen LogP contribution in [-0.2, 0) is 4.79 Å². The molecule has 0 aromatic rings. The number of carboxylic acids is 1. The highest BCUT2D eigenvalue weighted by atomic mass is 16.4. The Morgan fingerprint density at radius 3 is 2.65 bits per heavy atom. The van der Waals surface area contributed by atoms with Crippen molar-refractivity contribution >= 4 is 12.0 Å². The first-order valence-corrected chi connectivity index (χ1v) is 6.01. The van der Waals surface area contributed by atoms with Gasteiger partial charge in [-0.05, 0) is 19.3 Å². The molecule has 0 spiro atoms. The molecule has 1 rings (SSSR count). The first-order chi connectivity index (χ1) is 8.10. The second-order valence-electron chi connectivity index (χ2n) is 4.30. The fourth-order valence-corrected chi connectivity index (χ4v) is 1.70. The standard InChI is InChI=1S/C12H20N2O3/c1-3-5-10(11(15)16)13-12(17)14(8-4-2)9-6-7-9/h4,9-10H,2-3,5-8H2,1H3,(H,13,17)(H,15,16)/t10-/m1/s1. The zero-order valence-electron chi connectivity index (χ0n) is 10.2. The molecule has 1 atom stereocenters. The number of aliphatic carboxylic acids is 1. The second kappa shape index (κ2) is 6.27. The molecule has 1 fully saturated rings. The third-order valence-corrected chi connectivity index (χ3v) is 2.75. The maximum atomic E-state index is 11.9. The molecule has 96 valence electrons. The van der Waals surface area contributed by atoms with Crippen molar-refractivity contribution in [3.63, 3.8) is 0 Å². The quantitative estimate of drug-likeness (QED) is 0.664. The lowest BCUT2D eigenvalue weighted by Gasteiger charge is -2.23. The van der Waals surface area contributed by atoms with E-state index in [9.17, 15) is 9.59 Å². The Morgan fingerprint density at radius 2 is 2.24 bits per heavy atom. The number of nitrogens with one attached hydrogen (secondary N) is 1. The van der Waals surface area contributed by atoms with Gasteiger partial charge < -0.3 is 15.3 Å². The van der Waals surface area contributed by atoms with Crippen LogP contribution < -0.4 is 5.32 Å². The summed E-state index contributed by atoms with van der Waals surface area (Å²) in [5, 5.41) is 11.5. The van der Waals surface area contributed by atoms with E-state index in [0.717, 1.165) is 19.3 Å². The van der Waals surface area contributed by atoms with Gasteiger partial charge in [-0.25, -0.2) is 9.59 Å². The third-order valence-electron chi connectivity index (χ3n) is 2.75. The summed E-state index contributed by atoms with van der Waals surface area (Å²) in [6.45, 7) is 5.97. The fourth-order valence-electron chi connectivity index (χ4n) is 1.70. The van der Waals surface area contributed by atoms with Gasteiger partial charge in [0.1, 0.15) is 6.04 Å². The van der Waals surface area contributed by atoms with Crippen molar-refractivity contribution in [3.8, 4) is 0 Å². The van der Waals surface area contributed by atoms with Crippen LogP contribution in [0.5, 0.6) is 0 Å². The minimum atomic E-state index is -0.977. The summed E-state index contributed by atoms with van der Waals surface area (Å²) in [5.41, 5.74) is 0. The predicted octanol–water partition coefficient (Wildman–Crippen LogP) is 1.60. The number of carbonyl (C=O) groups excluding carboxylic acids is 1. The summed E-state index contributed by atoms with van der Waals surface area (Å²) < 4.78 is 0. The molecule has 0 aromatic carbocycles. The van der Waals surface area contributed by atoms with E-state index in [1.807, 2.05) is 6.92 Å². The maximum absolute atomic E-state index is 11.9. The van der Waals surface area contributed by atoms with Crippen LogP contribution in [0.3, 0.4) is 0 Å². The zero-order valence-corrected chi connectivity index (χ0v) is 10.2. The first-order valence-electron chi connectivity index (χ1n) is 6.01. The molecule has 0 saturated heterocycles. The highest BCUT2D eigenvalue weighted by Crippen LogP contribution is 2.26. The summed E-state index contributed by atoms with van der Waals surface area (Å²) >= 11 is 0. The van der Waals surface area contributed by atoms with Crippen LogP contribution in [0.4, 0.5) is 4.79 Å². The van der Waals surface area contributed by atoms with E-state index in [1.165, 1.54) is 0 Å². The van der Waals surface area contributed by atoms with Crippen LogP contribution in [0.2, 0.25) is 0 Å². The van der Waals surface area contributed by atoms with Crippen LogP contribution in [0.15, 0.2) is 12.7 Å². The molecule has 5 heteroatoms. The zero-order chi connectivity index (χ0) is 12.8. The van der Waals surface area contributed by atoms with Gasteiger partial charge in [-0.1, -0.05) is 19.4 Å². The average Bonchev–Trinajstić information content (AvgIpc) is 3.08. The molecular formula is C12H20N2O3. The largest absolute Gasteiger partial charge is 0.480 e. The van der Waals surface area contributed by atoms with E-state index in [1.54, 1.807) is 11.0 Å². The van der Waals surface area contributed by atoms with E-state index in [4.69, 9.17) is 5.11 Å². The first kappa shape index (κ1) is 13.5. The van der Waals surface area contributed by atoms with Crippen molar-refractivity contribution in [2.75, 3.05) is 6.54 Å². The van der Waals surface area contributed by atoms with E-state index in [0.29, 0.717) is 13.0 Å². The Balaban J connectivity index is 2.54. The monoisotopic (exact) mass is 240 g/mol. The molecule has 0 bridgehead atoms. The molecule has 2 N–H and O–H groups in total. The topological polar surface area (TPSA) is 69.6 Å². The molecular weight excluding hydrogens is 220 g/mol. The van der Waals surface area contributed by atoms with Crippen LogP contribution in [-0.4, -0.2) is 40.6 Å². The predicted molar refractivity (Wildman–Crippen MR) is 64.8 cm³/mol. The van der Waals surface area contributed by atoms with E-state index in [-0.39, 0.29) is 12.1 Å². The number of urea groups is 1. The van der Waals surface area contributed by atoms with Crippen molar-refractivity contribution in [2.24, 2.45) is 0 Å². The molecule has 0 aliphatic heterocycles. The van der Waals surface area contributed by atoms with Crippen LogP contribution in [0.25, 0.3) is 0 Å². The van der Waals surface area contributed by atoms with Crippen molar-refractivity contribution < 1.29 is 14.7 Å². The van der Waals surface area contributed by atoms with E-state index in [2.05, 4.69) is 11.9 Å². The van der Waals surface area contributed by atoms with Crippen LogP contribution >= 0.6 is 0 Å². The molecule has 1 saturated carbocycles. The minimum Gasteiger partial charge on any atom is -0.480 e. The van der Waals surface area contributed by atoms with E-state index >= 15 is 0 Å². The van der Waals surface area contributed by atoms with Crippen molar-refractivity contribution in [3.05, 3.63) is 12.7 Å². The Kier molecular flexibility index (Phi) is 5.00. The normalized spacial score (nSPS) is 16.1. The number of rotatable bonds is 7. The average molecular weight is 240 g/mol. The Bertz CT molecular complexity index is 300. The molecule has 0 unspecified atom stereocenters. The van der Waals surface area contributed by atoms with Gasteiger partial charge >= 0.3 is 12.0 Å². The van der Waals surface area contributed by atoms with Gasteiger partial charge in [-0.3, -0.25) is 0 Å². The SMILES string of the molecule is C=CCN(C(=O)N[C@H](CCC)C(=O)O)C1CC1. The molecule has 17 heavy (non-hydrogen) atoms. The Morgan fingerprint density at radius 1 is 1.59 bits per heavy atom. The fraction of sp³-hybridized carbons (Fsp3) is 0.667. The molecule has 1 aliphatic carbocycles. The molecule has 5 nitrogen and oxygen atoms in total. The molecule has 0 aromatic heterocycles. The number of carbonyl (C=O) groups is 2. The molecule has 0 radical (unpaired) electrons. The summed E-state index contributed by atoms with van der Waals surface area (Å²) in [6, 6.07) is -0.837. The van der Waals surface area contributed by atoms with Gasteiger partial charge in [0.2, 0.25) is 0 Å². The third kappa shape index (κ3) is 4.09. The highest BCUT2D eigenvalue weighted by molar-refractivity contribution is 5.82. The lowest BCUT2D eigenvalue weighted by atomic mass is 10.2. The Labute approximate surface area is 101 Å². The number of hydrogen-bond acceptors (Lipinski definition) is 2. The van der Waals surface area contributed by atoms with Gasteiger partial charge in [0.25, 0.3) is 0 Å². The van der Waals surface area contributed by atoms with Gasteiger partial charge in [0.15, 0.2) is 0 Å². The van der Waals surface area contributed by atoms with Crippen LogP contribution in [0, 0.1) is 0 Å². The van der Waals surface area contributed by atoms with E-state index < -0.39 is 12.0 Å². The van der Waals surface area contributed by atoms with Gasteiger partial charge in [-0.2, -0.15) is 0 Å². The minimum absolute atomic E-state index is 0.254. The molecule has 1 aliphatic rings.